The van der Waals surface area contributed by atoms with Crippen molar-refractivity contribution in [3.63, 3.8) is 0 Å². The van der Waals surface area contributed by atoms with Crippen LogP contribution in [0.25, 0.3) is 0 Å². The molecule has 0 aromatic heterocycles. The fourth-order valence-corrected chi connectivity index (χ4v) is 3.61. The SMILES string of the molecule is Cc1c(Cl)cccc1NC(=O)CSc1ccc(NC(=O)c2cccc(Cl)c2)cc1. The second-order valence-corrected chi connectivity index (χ2v) is 8.13. The van der Waals surface area contributed by atoms with E-state index in [1.54, 1.807) is 48.5 Å². The van der Waals surface area contributed by atoms with Gasteiger partial charge >= 0.3 is 0 Å². The van der Waals surface area contributed by atoms with Gasteiger partial charge in [0.05, 0.1) is 5.75 Å². The molecule has 2 amide bonds. The molecule has 3 rings (SSSR count). The first kappa shape index (κ1) is 21.2. The van der Waals surface area contributed by atoms with Crippen molar-refractivity contribution in [2.24, 2.45) is 0 Å². The number of anilines is 2. The maximum atomic E-state index is 12.3. The predicted molar refractivity (Wildman–Crippen MR) is 121 cm³/mol. The van der Waals surface area contributed by atoms with Gasteiger partial charge in [-0.25, -0.2) is 0 Å². The second kappa shape index (κ2) is 9.83. The van der Waals surface area contributed by atoms with Crippen molar-refractivity contribution in [2.45, 2.75) is 11.8 Å². The summed E-state index contributed by atoms with van der Waals surface area (Å²) < 4.78 is 0. The molecule has 29 heavy (non-hydrogen) atoms. The zero-order valence-corrected chi connectivity index (χ0v) is 17.9. The number of carbonyl (C=O) groups excluding carboxylic acids is 2. The smallest absolute Gasteiger partial charge is 0.255 e. The Balaban J connectivity index is 1.53. The Kier molecular flexibility index (Phi) is 7.20. The number of hydrogen-bond acceptors (Lipinski definition) is 3. The molecule has 0 fully saturated rings. The first-order valence-corrected chi connectivity index (χ1v) is 10.5. The highest BCUT2D eigenvalue weighted by Gasteiger charge is 2.09. The highest BCUT2D eigenvalue weighted by Crippen LogP contribution is 2.24. The maximum absolute atomic E-state index is 12.3. The lowest BCUT2D eigenvalue weighted by Crippen LogP contribution is -2.14. The molecule has 0 saturated heterocycles. The van der Waals surface area contributed by atoms with E-state index < -0.39 is 0 Å². The monoisotopic (exact) mass is 444 g/mol. The molecule has 2 N–H and O–H groups in total. The molecule has 0 aliphatic rings. The standard InChI is InChI=1S/C22H18Cl2N2O2S/c1-14-19(24)6-3-7-20(14)26-21(27)13-29-18-10-8-17(9-11-18)25-22(28)15-4-2-5-16(23)12-15/h2-12H,13H2,1H3,(H,25,28)(H,26,27). The first-order valence-electron chi connectivity index (χ1n) is 8.77. The van der Waals surface area contributed by atoms with E-state index >= 15 is 0 Å². The Hall–Kier alpha value is -2.47. The molecule has 0 bridgehead atoms. The molecule has 0 atom stereocenters. The van der Waals surface area contributed by atoms with Gasteiger partial charge in [-0.2, -0.15) is 0 Å². The topological polar surface area (TPSA) is 58.2 Å². The number of thioether (sulfide) groups is 1. The molecular formula is C22H18Cl2N2O2S. The van der Waals surface area contributed by atoms with Crippen molar-refractivity contribution in [1.29, 1.82) is 0 Å². The number of halogens is 2. The summed E-state index contributed by atoms with van der Waals surface area (Å²) in [4.78, 5) is 25.4. The van der Waals surface area contributed by atoms with Gasteiger partial charge in [-0.15, -0.1) is 11.8 Å². The number of hydrogen-bond donors (Lipinski definition) is 2. The summed E-state index contributed by atoms with van der Waals surface area (Å²) in [6.07, 6.45) is 0. The Morgan fingerprint density at radius 1 is 0.931 bits per heavy atom. The molecular weight excluding hydrogens is 427 g/mol. The van der Waals surface area contributed by atoms with Crippen molar-refractivity contribution in [2.75, 3.05) is 16.4 Å². The molecule has 0 spiro atoms. The number of rotatable bonds is 6. The third kappa shape index (κ3) is 6.00. The normalized spacial score (nSPS) is 10.4. The zero-order valence-electron chi connectivity index (χ0n) is 15.5. The van der Waals surface area contributed by atoms with Crippen LogP contribution in [-0.2, 0) is 4.79 Å². The van der Waals surface area contributed by atoms with Gasteiger partial charge in [-0.05, 0) is 67.1 Å². The molecule has 0 radical (unpaired) electrons. The molecule has 3 aromatic rings. The highest BCUT2D eigenvalue weighted by atomic mass is 35.5. The molecule has 0 unspecified atom stereocenters. The fourth-order valence-electron chi connectivity index (χ4n) is 2.55. The van der Waals surface area contributed by atoms with E-state index in [1.807, 2.05) is 25.1 Å². The molecule has 0 aliphatic heterocycles. The van der Waals surface area contributed by atoms with Gasteiger partial charge in [-0.3, -0.25) is 9.59 Å². The van der Waals surface area contributed by atoms with Crippen LogP contribution in [-0.4, -0.2) is 17.6 Å². The van der Waals surface area contributed by atoms with Crippen LogP contribution in [0.15, 0.2) is 71.6 Å². The van der Waals surface area contributed by atoms with Crippen LogP contribution in [0.1, 0.15) is 15.9 Å². The summed E-state index contributed by atoms with van der Waals surface area (Å²) in [5.74, 6) is -0.0805. The Labute approximate surface area is 183 Å². The highest BCUT2D eigenvalue weighted by molar-refractivity contribution is 8.00. The van der Waals surface area contributed by atoms with E-state index in [0.29, 0.717) is 27.0 Å². The average molecular weight is 445 g/mol. The summed E-state index contributed by atoms with van der Waals surface area (Å²) in [5.41, 5.74) is 2.71. The van der Waals surface area contributed by atoms with Gasteiger partial charge in [0.1, 0.15) is 0 Å². The van der Waals surface area contributed by atoms with Crippen molar-refractivity contribution >= 4 is 58.2 Å². The third-order valence-corrected chi connectivity index (χ3v) is 5.77. The average Bonchev–Trinajstić information content (AvgIpc) is 2.71. The van der Waals surface area contributed by atoms with Crippen LogP contribution in [0.2, 0.25) is 10.0 Å². The summed E-state index contributed by atoms with van der Waals surface area (Å²) in [6.45, 7) is 1.86. The lowest BCUT2D eigenvalue weighted by Gasteiger charge is -2.10. The van der Waals surface area contributed by atoms with Gasteiger partial charge in [-0.1, -0.05) is 35.3 Å². The van der Waals surface area contributed by atoms with E-state index in [4.69, 9.17) is 23.2 Å². The summed E-state index contributed by atoms with van der Waals surface area (Å²) >= 11 is 13.4. The van der Waals surface area contributed by atoms with E-state index in [2.05, 4.69) is 10.6 Å². The van der Waals surface area contributed by atoms with Crippen molar-refractivity contribution in [1.82, 2.24) is 0 Å². The van der Waals surface area contributed by atoms with Crippen LogP contribution in [0.5, 0.6) is 0 Å². The Bertz CT molecular complexity index is 1040. The Morgan fingerprint density at radius 3 is 2.38 bits per heavy atom. The molecule has 4 nitrogen and oxygen atoms in total. The molecule has 7 heteroatoms. The van der Waals surface area contributed by atoms with Crippen LogP contribution in [0.3, 0.4) is 0 Å². The van der Waals surface area contributed by atoms with Gasteiger partial charge in [0.25, 0.3) is 5.91 Å². The Morgan fingerprint density at radius 2 is 1.66 bits per heavy atom. The minimum Gasteiger partial charge on any atom is -0.325 e. The number of carbonyl (C=O) groups is 2. The van der Waals surface area contributed by atoms with E-state index in [-0.39, 0.29) is 17.6 Å². The first-order chi connectivity index (χ1) is 13.9. The minimum atomic E-state index is -0.232. The molecule has 0 saturated carbocycles. The lowest BCUT2D eigenvalue weighted by molar-refractivity contribution is -0.113. The van der Waals surface area contributed by atoms with Gasteiger partial charge in [0.2, 0.25) is 5.91 Å². The molecule has 0 heterocycles. The minimum absolute atomic E-state index is 0.112. The molecule has 0 aliphatic carbocycles. The lowest BCUT2D eigenvalue weighted by atomic mass is 10.2. The van der Waals surface area contributed by atoms with E-state index in [9.17, 15) is 9.59 Å². The third-order valence-electron chi connectivity index (χ3n) is 4.11. The van der Waals surface area contributed by atoms with Gasteiger partial charge < -0.3 is 10.6 Å². The van der Waals surface area contributed by atoms with Gasteiger partial charge in [0, 0.05) is 31.9 Å². The summed E-state index contributed by atoms with van der Waals surface area (Å²) in [5, 5.41) is 6.82. The number of amides is 2. The maximum Gasteiger partial charge on any atom is 0.255 e. The molecule has 148 valence electrons. The number of nitrogens with one attached hydrogen (secondary N) is 2. The van der Waals surface area contributed by atoms with Crippen LogP contribution >= 0.6 is 35.0 Å². The summed E-state index contributed by atoms with van der Waals surface area (Å²) in [7, 11) is 0. The van der Waals surface area contributed by atoms with Crippen molar-refractivity contribution in [3.8, 4) is 0 Å². The second-order valence-electron chi connectivity index (χ2n) is 6.24. The van der Waals surface area contributed by atoms with E-state index in [1.165, 1.54) is 11.8 Å². The number of benzene rings is 3. The fraction of sp³-hybridized carbons (Fsp3) is 0.0909. The van der Waals surface area contributed by atoms with Gasteiger partial charge in [0.15, 0.2) is 0 Å². The quantitative estimate of drug-likeness (QED) is 0.439. The predicted octanol–water partition coefficient (Wildman–Crippen LogP) is 6.28. The largest absolute Gasteiger partial charge is 0.325 e. The van der Waals surface area contributed by atoms with Crippen LogP contribution < -0.4 is 10.6 Å². The summed E-state index contributed by atoms with van der Waals surface area (Å²) in [6, 6.07) is 19.5. The van der Waals surface area contributed by atoms with Crippen molar-refractivity contribution < 1.29 is 9.59 Å². The molecule has 3 aromatic carbocycles. The van der Waals surface area contributed by atoms with Crippen molar-refractivity contribution in [3.05, 3.63) is 87.9 Å². The van der Waals surface area contributed by atoms with E-state index in [0.717, 1.165) is 10.5 Å². The van der Waals surface area contributed by atoms with Crippen LogP contribution in [0.4, 0.5) is 11.4 Å². The zero-order chi connectivity index (χ0) is 20.8. The van der Waals surface area contributed by atoms with Crippen LogP contribution in [0, 0.1) is 6.92 Å².